The summed E-state index contributed by atoms with van der Waals surface area (Å²) in [5, 5.41) is 0. The van der Waals surface area contributed by atoms with Gasteiger partial charge in [-0.2, -0.15) is 0 Å². The fraction of sp³-hybridized carbons (Fsp3) is 0.233. The number of ketones is 2. The van der Waals surface area contributed by atoms with Gasteiger partial charge in [-0.25, -0.2) is 0 Å². The van der Waals surface area contributed by atoms with E-state index in [9.17, 15) is 9.59 Å². The van der Waals surface area contributed by atoms with Gasteiger partial charge in [0.25, 0.3) is 0 Å². The van der Waals surface area contributed by atoms with Gasteiger partial charge in [0.1, 0.15) is 0 Å². The molecule has 2 aliphatic carbocycles. The number of aliphatic imine (C=N–C) groups is 1. The standard InChI is InChI=1S/C30H25NO2/c1-30(2)16-23-26(24(32)17-30)25(20-14-12-19(13-15-20)18-8-4-3-5-9-18)27-28(31-23)21-10-6-7-11-22(21)29(27)33/h3-15,25,27H,16-17H2,1-2H3/t25-,27+/m0/s1. The zero-order chi connectivity index (χ0) is 22.7. The van der Waals surface area contributed by atoms with Crippen LogP contribution in [0.4, 0.5) is 0 Å². The molecule has 162 valence electrons. The number of Topliss-reactive ketones (excluding diaryl/α,β-unsaturated/α-hetero) is 2. The van der Waals surface area contributed by atoms with Crippen LogP contribution in [0.5, 0.6) is 0 Å². The first-order chi connectivity index (χ1) is 15.9. The molecule has 2 atom stereocenters. The molecule has 0 aromatic heterocycles. The van der Waals surface area contributed by atoms with Crippen LogP contribution in [-0.4, -0.2) is 17.3 Å². The highest BCUT2D eigenvalue weighted by atomic mass is 16.1. The van der Waals surface area contributed by atoms with Gasteiger partial charge in [0.05, 0.1) is 11.6 Å². The van der Waals surface area contributed by atoms with Crippen molar-refractivity contribution in [2.24, 2.45) is 16.3 Å². The molecule has 1 heterocycles. The van der Waals surface area contributed by atoms with Crippen LogP contribution in [0.1, 0.15) is 54.1 Å². The molecule has 33 heavy (non-hydrogen) atoms. The lowest BCUT2D eigenvalue weighted by molar-refractivity contribution is -0.118. The summed E-state index contributed by atoms with van der Waals surface area (Å²) < 4.78 is 0. The smallest absolute Gasteiger partial charge is 0.173 e. The number of carbonyl (C=O) groups excluding carboxylic acids is 2. The minimum atomic E-state index is -0.436. The molecule has 0 fully saturated rings. The molecular weight excluding hydrogens is 406 g/mol. The molecule has 0 saturated heterocycles. The molecular formula is C30H25NO2. The van der Waals surface area contributed by atoms with Crippen LogP contribution in [-0.2, 0) is 4.79 Å². The third-order valence-electron chi connectivity index (χ3n) is 7.22. The zero-order valence-corrected chi connectivity index (χ0v) is 18.8. The third kappa shape index (κ3) is 3.14. The molecule has 0 saturated carbocycles. The van der Waals surface area contributed by atoms with Gasteiger partial charge in [0.15, 0.2) is 11.6 Å². The molecule has 3 aromatic rings. The van der Waals surface area contributed by atoms with Crippen LogP contribution >= 0.6 is 0 Å². The number of fused-ring (bicyclic) bond motifs is 3. The molecule has 3 heteroatoms. The number of hydrogen-bond acceptors (Lipinski definition) is 3. The topological polar surface area (TPSA) is 46.5 Å². The number of hydrogen-bond donors (Lipinski definition) is 0. The minimum absolute atomic E-state index is 0.0747. The molecule has 3 aromatic carbocycles. The van der Waals surface area contributed by atoms with Gasteiger partial charge in [0, 0.05) is 34.7 Å². The molecule has 6 rings (SSSR count). The number of benzene rings is 3. The van der Waals surface area contributed by atoms with E-state index in [-0.39, 0.29) is 22.9 Å². The normalized spacial score (nSPS) is 23.0. The van der Waals surface area contributed by atoms with E-state index in [1.165, 1.54) is 0 Å². The Hall–Kier alpha value is -3.59. The number of carbonyl (C=O) groups is 2. The molecule has 3 aliphatic rings. The second-order valence-corrected chi connectivity index (χ2v) is 10.2. The molecule has 0 N–H and O–H groups in total. The average molecular weight is 432 g/mol. The van der Waals surface area contributed by atoms with Crippen LogP contribution in [0.3, 0.4) is 0 Å². The largest absolute Gasteiger partial charge is 0.294 e. The highest BCUT2D eigenvalue weighted by Crippen LogP contribution is 2.51. The lowest BCUT2D eigenvalue weighted by Crippen LogP contribution is -2.37. The summed E-state index contributed by atoms with van der Waals surface area (Å²) in [6, 6.07) is 26.3. The van der Waals surface area contributed by atoms with Gasteiger partial charge in [-0.3, -0.25) is 14.6 Å². The Morgan fingerprint density at radius 1 is 0.727 bits per heavy atom. The van der Waals surface area contributed by atoms with E-state index in [2.05, 4.69) is 50.2 Å². The van der Waals surface area contributed by atoms with E-state index in [4.69, 9.17) is 4.99 Å². The predicted octanol–water partition coefficient (Wildman–Crippen LogP) is 6.40. The first-order valence-corrected chi connectivity index (χ1v) is 11.6. The van der Waals surface area contributed by atoms with Crippen molar-refractivity contribution in [3.05, 3.63) is 107 Å². The fourth-order valence-corrected chi connectivity index (χ4v) is 5.76. The van der Waals surface area contributed by atoms with Gasteiger partial charge in [-0.15, -0.1) is 0 Å². The van der Waals surface area contributed by atoms with Gasteiger partial charge >= 0.3 is 0 Å². The van der Waals surface area contributed by atoms with Crippen LogP contribution in [0.15, 0.2) is 95.1 Å². The van der Waals surface area contributed by atoms with Crippen LogP contribution in [0.2, 0.25) is 0 Å². The predicted molar refractivity (Wildman–Crippen MR) is 130 cm³/mol. The quantitative estimate of drug-likeness (QED) is 0.472. The summed E-state index contributed by atoms with van der Waals surface area (Å²) in [7, 11) is 0. The summed E-state index contributed by atoms with van der Waals surface area (Å²) in [6.45, 7) is 4.25. The molecule has 0 bridgehead atoms. The second kappa shape index (κ2) is 7.21. The van der Waals surface area contributed by atoms with Crippen molar-refractivity contribution in [1.82, 2.24) is 0 Å². The summed E-state index contributed by atoms with van der Waals surface area (Å²) in [4.78, 5) is 32.0. The first kappa shape index (κ1) is 20.0. The Balaban J connectivity index is 1.52. The first-order valence-electron chi connectivity index (χ1n) is 11.6. The van der Waals surface area contributed by atoms with E-state index < -0.39 is 5.92 Å². The maximum Gasteiger partial charge on any atom is 0.173 e. The highest BCUT2D eigenvalue weighted by molar-refractivity contribution is 6.30. The van der Waals surface area contributed by atoms with Crippen molar-refractivity contribution < 1.29 is 9.59 Å². The van der Waals surface area contributed by atoms with Crippen molar-refractivity contribution in [1.29, 1.82) is 0 Å². The summed E-state index contributed by atoms with van der Waals surface area (Å²) in [6.07, 6.45) is 1.24. The highest BCUT2D eigenvalue weighted by Gasteiger charge is 2.50. The van der Waals surface area contributed by atoms with Crippen molar-refractivity contribution in [3.8, 4) is 11.1 Å². The number of allylic oxidation sites excluding steroid dienone is 2. The molecule has 0 radical (unpaired) electrons. The van der Waals surface area contributed by atoms with Crippen LogP contribution < -0.4 is 0 Å². The Labute approximate surface area is 193 Å². The number of rotatable bonds is 2. The minimum Gasteiger partial charge on any atom is -0.294 e. The SMILES string of the molecule is CC1(C)CC(=O)C2=C(C1)N=C1c3ccccc3C(=O)[C@@H]1[C@H]2c1ccc(-c2ccccc2)cc1. The van der Waals surface area contributed by atoms with Gasteiger partial charge in [0.2, 0.25) is 0 Å². The van der Waals surface area contributed by atoms with Crippen molar-refractivity contribution >= 4 is 17.3 Å². The average Bonchev–Trinajstić information content (AvgIpc) is 3.10. The Morgan fingerprint density at radius 2 is 1.36 bits per heavy atom. The maximum atomic E-state index is 13.6. The summed E-state index contributed by atoms with van der Waals surface area (Å²) in [5.41, 5.74) is 7.23. The monoisotopic (exact) mass is 431 g/mol. The van der Waals surface area contributed by atoms with Crippen LogP contribution in [0.25, 0.3) is 11.1 Å². The second-order valence-electron chi connectivity index (χ2n) is 10.2. The Kier molecular flexibility index (Phi) is 4.38. The Morgan fingerprint density at radius 3 is 2.09 bits per heavy atom. The fourth-order valence-electron chi connectivity index (χ4n) is 5.76. The van der Waals surface area contributed by atoms with Crippen molar-refractivity contribution in [2.45, 2.75) is 32.6 Å². The maximum absolute atomic E-state index is 13.6. The van der Waals surface area contributed by atoms with E-state index >= 15 is 0 Å². The Bertz CT molecular complexity index is 1360. The van der Waals surface area contributed by atoms with Gasteiger partial charge < -0.3 is 0 Å². The molecule has 3 nitrogen and oxygen atoms in total. The van der Waals surface area contributed by atoms with Gasteiger partial charge in [-0.05, 0) is 28.5 Å². The van der Waals surface area contributed by atoms with Gasteiger partial charge in [-0.1, -0.05) is 92.7 Å². The summed E-state index contributed by atoms with van der Waals surface area (Å²) >= 11 is 0. The van der Waals surface area contributed by atoms with Crippen LogP contribution in [0, 0.1) is 11.3 Å². The number of nitrogens with zero attached hydrogens (tertiary/aromatic N) is 1. The molecule has 0 spiro atoms. The lowest BCUT2D eigenvalue weighted by Gasteiger charge is -2.38. The molecule has 0 amide bonds. The van der Waals surface area contributed by atoms with E-state index in [0.717, 1.165) is 51.2 Å². The summed E-state index contributed by atoms with van der Waals surface area (Å²) in [5.74, 6) is -0.523. The molecule has 0 unspecified atom stereocenters. The van der Waals surface area contributed by atoms with E-state index in [0.29, 0.717) is 6.42 Å². The lowest BCUT2D eigenvalue weighted by atomic mass is 9.66. The van der Waals surface area contributed by atoms with Crippen molar-refractivity contribution in [2.75, 3.05) is 0 Å². The zero-order valence-electron chi connectivity index (χ0n) is 18.8. The molecule has 1 aliphatic heterocycles. The third-order valence-corrected chi connectivity index (χ3v) is 7.22. The van der Waals surface area contributed by atoms with E-state index in [1.807, 2.05) is 42.5 Å². The van der Waals surface area contributed by atoms with Crippen molar-refractivity contribution in [3.63, 3.8) is 0 Å². The van der Waals surface area contributed by atoms with E-state index in [1.54, 1.807) is 0 Å².